The van der Waals surface area contributed by atoms with E-state index in [-0.39, 0.29) is 30.3 Å². The minimum absolute atomic E-state index is 0.0549. The van der Waals surface area contributed by atoms with Gasteiger partial charge in [0.1, 0.15) is 11.6 Å². The van der Waals surface area contributed by atoms with Gasteiger partial charge in [-0.15, -0.1) is 0 Å². The average molecular weight is 484 g/mol. The monoisotopic (exact) mass is 484 g/mol. The number of ketones is 1. The summed E-state index contributed by atoms with van der Waals surface area (Å²) in [4.78, 5) is 52.9. The van der Waals surface area contributed by atoms with Crippen LogP contribution in [0, 0.1) is 17.6 Å². The van der Waals surface area contributed by atoms with Crippen LogP contribution >= 0.6 is 0 Å². The van der Waals surface area contributed by atoms with E-state index in [1.165, 1.54) is 18.7 Å². The van der Waals surface area contributed by atoms with Crippen molar-refractivity contribution in [2.45, 2.75) is 39.2 Å². The van der Waals surface area contributed by atoms with Crippen molar-refractivity contribution in [3.63, 3.8) is 0 Å². The van der Waals surface area contributed by atoms with Crippen LogP contribution in [0.4, 0.5) is 14.5 Å². The molecule has 2 heterocycles. The van der Waals surface area contributed by atoms with Gasteiger partial charge in [-0.05, 0) is 62.1 Å². The molecule has 1 unspecified atom stereocenters. The summed E-state index contributed by atoms with van der Waals surface area (Å²) in [5.41, 5.74) is 1.89. The lowest BCUT2D eigenvalue weighted by atomic mass is 9.96. The summed E-state index contributed by atoms with van der Waals surface area (Å²) >= 11 is 0. The number of hydrogen-bond acceptors (Lipinski definition) is 5. The fraction of sp³-hybridized carbons (Fsp3) is 0.385. The number of amides is 2. The number of likely N-dealkylation sites (tertiary alicyclic amines) is 1. The topological polar surface area (TPSA) is 84.0 Å². The van der Waals surface area contributed by atoms with Crippen molar-refractivity contribution in [3.8, 4) is 0 Å². The van der Waals surface area contributed by atoms with Gasteiger partial charge in [0.05, 0.1) is 11.5 Å². The van der Waals surface area contributed by atoms with Crippen molar-refractivity contribution in [1.29, 1.82) is 0 Å². The third kappa shape index (κ3) is 5.08. The fourth-order valence-electron chi connectivity index (χ4n) is 4.59. The number of ether oxygens (including phenoxy) is 1. The molecule has 2 aromatic rings. The number of anilines is 1. The van der Waals surface area contributed by atoms with E-state index in [1.807, 2.05) is 0 Å². The molecule has 9 heteroatoms. The van der Waals surface area contributed by atoms with Gasteiger partial charge in [-0.1, -0.05) is 0 Å². The maximum absolute atomic E-state index is 13.9. The maximum atomic E-state index is 13.9. The lowest BCUT2D eigenvalue weighted by Gasteiger charge is -2.31. The van der Waals surface area contributed by atoms with Crippen LogP contribution < -0.4 is 4.90 Å². The van der Waals surface area contributed by atoms with Gasteiger partial charge in [-0.25, -0.2) is 8.78 Å². The summed E-state index contributed by atoms with van der Waals surface area (Å²) in [7, 11) is 0. The first kappa shape index (κ1) is 24.5. The van der Waals surface area contributed by atoms with Crippen LogP contribution in [-0.4, -0.2) is 54.2 Å². The zero-order valence-electron chi connectivity index (χ0n) is 19.6. The van der Waals surface area contributed by atoms with E-state index >= 15 is 0 Å². The first-order valence-electron chi connectivity index (χ1n) is 11.6. The molecule has 0 spiro atoms. The number of Topliss-reactive ketones (excluding diaryl/α,β-unsaturated/α-hetero) is 1. The molecule has 2 amide bonds. The molecule has 2 aliphatic rings. The molecule has 7 nitrogen and oxygen atoms in total. The standard InChI is InChI=1S/C26H26F2N2O5/c1-15(24(32)19-3-6-23-18(13-19)9-12-30(23)16(2)31)35-26(34)17-7-10-29(11-8-17)25(33)21-5-4-20(27)14-22(21)28/h3-6,13-15,17H,7-12H2,1-2H3. The maximum Gasteiger partial charge on any atom is 0.309 e. The predicted octanol–water partition coefficient (Wildman–Crippen LogP) is 3.54. The molecule has 1 fully saturated rings. The Morgan fingerprint density at radius 1 is 1.00 bits per heavy atom. The first-order chi connectivity index (χ1) is 16.7. The van der Waals surface area contributed by atoms with Crippen molar-refractivity contribution in [2.24, 2.45) is 5.92 Å². The Labute approximate surface area is 201 Å². The Hall–Kier alpha value is -3.62. The number of hydrogen-bond donors (Lipinski definition) is 0. The number of halogens is 2. The normalized spacial score (nSPS) is 16.6. The van der Waals surface area contributed by atoms with Gasteiger partial charge in [0.15, 0.2) is 6.10 Å². The number of benzene rings is 2. The fourth-order valence-corrected chi connectivity index (χ4v) is 4.59. The third-order valence-corrected chi connectivity index (χ3v) is 6.58. The zero-order valence-corrected chi connectivity index (χ0v) is 19.6. The molecule has 1 atom stereocenters. The zero-order chi connectivity index (χ0) is 25.3. The summed E-state index contributed by atoms with van der Waals surface area (Å²) in [6.07, 6.45) is 0.296. The van der Waals surface area contributed by atoms with E-state index in [2.05, 4.69) is 0 Å². The number of carbonyl (C=O) groups excluding carboxylic acids is 4. The first-order valence-corrected chi connectivity index (χ1v) is 11.6. The highest BCUT2D eigenvalue weighted by molar-refractivity contribution is 6.02. The van der Waals surface area contributed by atoms with Crippen LogP contribution in [0.2, 0.25) is 0 Å². The van der Waals surface area contributed by atoms with E-state index in [0.29, 0.717) is 37.4 Å². The SMILES string of the molecule is CC(=O)N1CCc2cc(C(=O)C(C)OC(=O)C3CCN(C(=O)c4ccc(F)cc4F)CC3)ccc21. The molecule has 0 N–H and O–H groups in total. The molecule has 0 radical (unpaired) electrons. The van der Waals surface area contributed by atoms with E-state index in [1.54, 1.807) is 23.1 Å². The highest BCUT2D eigenvalue weighted by Crippen LogP contribution is 2.29. The second kappa shape index (κ2) is 9.93. The summed E-state index contributed by atoms with van der Waals surface area (Å²) in [5.74, 6) is -3.64. The third-order valence-electron chi connectivity index (χ3n) is 6.58. The van der Waals surface area contributed by atoms with Crippen molar-refractivity contribution < 1.29 is 32.7 Å². The molecular formula is C26H26F2N2O5. The van der Waals surface area contributed by atoms with Crippen LogP contribution in [-0.2, 0) is 20.7 Å². The van der Waals surface area contributed by atoms with Crippen LogP contribution in [0.15, 0.2) is 36.4 Å². The Morgan fingerprint density at radius 3 is 2.37 bits per heavy atom. The average Bonchev–Trinajstić information content (AvgIpc) is 3.27. The van der Waals surface area contributed by atoms with Crippen molar-refractivity contribution in [2.75, 3.05) is 24.5 Å². The molecule has 184 valence electrons. The van der Waals surface area contributed by atoms with Crippen LogP contribution in [0.3, 0.4) is 0 Å². The van der Waals surface area contributed by atoms with E-state index in [9.17, 15) is 28.0 Å². The number of nitrogens with zero attached hydrogens (tertiary/aromatic N) is 2. The van der Waals surface area contributed by atoms with Crippen LogP contribution in [0.5, 0.6) is 0 Å². The van der Waals surface area contributed by atoms with Gasteiger partial charge in [0.2, 0.25) is 11.7 Å². The molecule has 1 saturated heterocycles. The molecule has 0 bridgehead atoms. The number of rotatable bonds is 5. The molecule has 0 saturated carbocycles. The Balaban J connectivity index is 1.32. The van der Waals surface area contributed by atoms with Crippen molar-refractivity contribution in [3.05, 3.63) is 64.7 Å². The highest BCUT2D eigenvalue weighted by Gasteiger charge is 2.32. The second-order valence-corrected chi connectivity index (χ2v) is 8.90. The Kier molecular flexibility index (Phi) is 6.95. The quantitative estimate of drug-likeness (QED) is 0.479. The lowest BCUT2D eigenvalue weighted by molar-refractivity contribution is -0.152. The number of fused-ring (bicyclic) bond motifs is 1. The smallest absolute Gasteiger partial charge is 0.309 e. The lowest BCUT2D eigenvalue weighted by Crippen LogP contribution is -2.41. The van der Waals surface area contributed by atoms with Gasteiger partial charge >= 0.3 is 5.97 Å². The molecule has 4 rings (SSSR count). The van der Waals surface area contributed by atoms with E-state index < -0.39 is 35.5 Å². The largest absolute Gasteiger partial charge is 0.454 e. The Morgan fingerprint density at radius 2 is 1.71 bits per heavy atom. The molecule has 2 aliphatic heterocycles. The highest BCUT2D eigenvalue weighted by atomic mass is 19.1. The predicted molar refractivity (Wildman–Crippen MR) is 123 cm³/mol. The molecular weight excluding hydrogens is 458 g/mol. The number of esters is 1. The number of carbonyl (C=O) groups is 4. The minimum Gasteiger partial charge on any atom is -0.454 e. The van der Waals surface area contributed by atoms with Crippen molar-refractivity contribution in [1.82, 2.24) is 4.90 Å². The van der Waals surface area contributed by atoms with E-state index in [0.717, 1.165) is 23.4 Å². The summed E-state index contributed by atoms with van der Waals surface area (Å²) < 4.78 is 32.5. The molecule has 2 aromatic carbocycles. The summed E-state index contributed by atoms with van der Waals surface area (Å²) in [6, 6.07) is 7.91. The van der Waals surface area contributed by atoms with Gasteiger partial charge < -0.3 is 14.5 Å². The number of piperidine rings is 1. The van der Waals surface area contributed by atoms with E-state index in [4.69, 9.17) is 4.74 Å². The van der Waals surface area contributed by atoms with Gasteiger partial charge in [-0.3, -0.25) is 19.2 Å². The Bertz CT molecular complexity index is 1190. The van der Waals surface area contributed by atoms with Gasteiger partial charge in [0, 0.05) is 43.9 Å². The van der Waals surface area contributed by atoms with Gasteiger partial charge in [0.25, 0.3) is 5.91 Å². The summed E-state index contributed by atoms with van der Waals surface area (Å²) in [6.45, 7) is 4.02. The van der Waals surface area contributed by atoms with Crippen molar-refractivity contribution >= 4 is 29.3 Å². The van der Waals surface area contributed by atoms with Crippen LogP contribution in [0.25, 0.3) is 0 Å². The molecule has 0 aliphatic carbocycles. The van der Waals surface area contributed by atoms with Gasteiger partial charge in [-0.2, -0.15) is 0 Å². The minimum atomic E-state index is -0.987. The summed E-state index contributed by atoms with van der Waals surface area (Å²) in [5, 5.41) is 0. The van der Waals surface area contributed by atoms with Crippen LogP contribution in [0.1, 0.15) is 53.0 Å². The second-order valence-electron chi connectivity index (χ2n) is 8.90. The molecule has 35 heavy (non-hydrogen) atoms. The molecule has 0 aromatic heterocycles.